The van der Waals surface area contributed by atoms with Crippen LogP contribution in [0, 0.1) is 31.6 Å². The van der Waals surface area contributed by atoms with E-state index < -0.39 is 0 Å². The van der Waals surface area contributed by atoms with E-state index in [1.807, 2.05) is 0 Å². The van der Waals surface area contributed by atoms with Crippen molar-refractivity contribution in [3.8, 4) is 0 Å². The van der Waals surface area contributed by atoms with Crippen LogP contribution in [0.4, 0.5) is 0 Å². The minimum absolute atomic E-state index is 0.527. The van der Waals surface area contributed by atoms with Crippen LogP contribution in [0.15, 0.2) is 12.1 Å². The molecule has 0 radical (unpaired) electrons. The minimum Gasteiger partial charge on any atom is -0.310 e. The SMILES string of the molecule is CCCNC(c1cc(C)c(Cl)cc1C)C1CC2CC2C1. The lowest BCUT2D eigenvalue weighted by atomic mass is 9.86. The number of rotatable bonds is 5. The molecular weight excluding hydrogens is 266 g/mol. The monoisotopic (exact) mass is 291 g/mol. The van der Waals surface area contributed by atoms with E-state index in [0.717, 1.165) is 29.3 Å². The van der Waals surface area contributed by atoms with Crippen LogP contribution in [0.5, 0.6) is 0 Å². The molecule has 2 heteroatoms. The maximum Gasteiger partial charge on any atom is 0.0438 e. The molecule has 110 valence electrons. The zero-order chi connectivity index (χ0) is 14.3. The molecule has 0 amide bonds. The van der Waals surface area contributed by atoms with Gasteiger partial charge in [0.2, 0.25) is 0 Å². The summed E-state index contributed by atoms with van der Waals surface area (Å²) in [5, 5.41) is 4.71. The Hall–Kier alpha value is -0.530. The van der Waals surface area contributed by atoms with Crippen molar-refractivity contribution in [2.24, 2.45) is 17.8 Å². The molecule has 2 fully saturated rings. The van der Waals surface area contributed by atoms with Gasteiger partial charge < -0.3 is 5.32 Å². The number of halogens is 1. The van der Waals surface area contributed by atoms with Gasteiger partial charge in [-0.3, -0.25) is 0 Å². The van der Waals surface area contributed by atoms with Crippen LogP contribution in [-0.2, 0) is 0 Å². The minimum atomic E-state index is 0.527. The quantitative estimate of drug-likeness (QED) is 0.801. The summed E-state index contributed by atoms with van der Waals surface area (Å²) in [7, 11) is 0. The van der Waals surface area contributed by atoms with E-state index in [0.29, 0.717) is 6.04 Å². The molecule has 1 aromatic carbocycles. The largest absolute Gasteiger partial charge is 0.310 e. The molecule has 2 aliphatic rings. The average molecular weight is 292 g/mol. The highest BCUT2D eigenvalue weighted by molar-refractivity contribution is 6.31. The van der Waals surface area contributed by atoms with Crippen LogP contribution in [0.2, 0.25) is 5.02 Å². The summed E-state index contributed by atoms with van der Waals surface area (Å²) < 4.78 is 0. The normalized spacial score (nSPS) is 29.3. The Morgan fingerprint density at radius 2 is 1.85 bits per heavy atom. The van der Waals surface area contributed by atoms with Crippen molar-refractivity contribution in [3.63, 3.8) is 0 Å². The van der Waals surface area contributed by atoms with Crippen molar-refractivity contribution in [1.29, 1.82) is 0 Å². The Labute approximate surface area is 128 Å². The summed E-state index contributed by atoms with van der Waals surface area (Å²) >= 11 is 6.26. The fraction of sp³-hybridized carbons (Fsp3) is 0.667. The molecule has 1 nitrogen and oxygen atoms in total. The lowest BCUT2D eigenvalue weighted by Gasteiger charge is -2.28. The summed E-state index contributed by atoms with van der Waals surface area (Å²) in [5.74, 6) is 2.91. The van der Waals surface area contributed by atoms with E-state index in [1.54, 1.807) is 0 Å². The number of fused-ring (bicyclic) bond motifs is 1. The molecule has 20 heavy (non-hydrogen) atoms. The molecule has 0 saturated heterocycles. The molecule has 0 aromatic heterocycles. The van der Waals surface area contributed by atoms with Crippen LogP contribution in [-0.4, -0.2) is 6.54 Å². The smallest absolute Gasteiger partial charge is 0.0438 e. The van der Waals surface area contributed by atoms with Gasteiger partial charge in [0.1, 0.15) is 0 Å². The highest BCUT2D eigenvalue weighted by atomic mass is 35.5. The fourth-order valence-electron chi connectivity index (χ4n) is 4.00. The lowest BCUT2D eigenvalue weighted by Crippen LogP contribution is -2.29. The van der Waals surface area contributed by atoms with Gasteiger partial charge in [0.05, 0.1) is 0 Å². The zero-order valence-corrected chi connectivity index (χ0v) is 13.6. The molecular formula is C18H26ClN. The van der Waals surface area contributed by atoms with Gasteiger partial charge in [-0.05, 0) is 86.6 Å². The second-order valence-corrected chi connectivity index (χ2v) is 7.28. The maximum absolute atomic E-state index is 6.26. The Morgan fingerprint density at radius 1 is 1.15 bits per heavy atom. The van der Waals surface area contributed by atoms with Crippen LogP contribution in [0.3, 0.4) is 0 Å². The lowest BCUT2D eigenvalue weighted by molar-refractivity contribution is 0.340. The van der Waals surface area contributed by atoms with Gasteiger partial charge in [-0.2, -0.15) is 0 Å². The standard InChI is InChI=1S/C18H26ClN/c1-4-5-20-18(15-9-13-8-14(13)10-15)16-6-12(3)17(19)7-11(16)2/h6-7,13-15,18,20H,4-5,8-10H2,1-3H3. The summed E-state index contributed by atoms with van der Waals surface area (Å²) in [4.78, 5) is 0. The molecule has 2 saturated carbocycles. The average Bonchev–Trinajstić information content (AvgIpc) is 3.02. The van der Waals surface area contributed by atoms with Crippen LogP contribution in [0.1, 0.15) is 55.3 Å². The molecule has 0 spiro atoms. The molecule has 3 rings (SSSR count). The Balaban J connectivity index is 1.86. The van der Waals surface area contributed by atoms with Gasteiger partial charge >= 0.3 is 0 Å². The van der Waals surface area contributed by atoms with Gasteiger partial charge in [0.15, 0.2) is 0 Å². The van der Waals surface area contributed by atoms with Crippen LogP contribution in [0.25, 0.3) is 0 Å². The van der Waals surface area contributed by atoms with E-state index in [4.69, 9.17) is 11.6 Å². The Morgan fingerprint density at radius 3 is 2.50 bits per heavy atom. The second-order valence-electron chi connectivity index (χ2n) is 6.88. The molecule has 0 aliphatic heterocycles. The molecule has 3 unspecified atom stereocenters. The third-order valence-corrected chi connectivity index (χ3v) is 5.66. The molecule has 1 N–H and O–H groups in total. The summed E-state index contributed by atoms with van der Waals surface area (Å²) in [5.41, 5.74) is 4.03. The topological polar surface area (TPSA) is 12.0 Å². The summed E-state index contributed by atoms with van der Waals surface area (Å²) in [6, 6.07) is 4.98. The molecule has 3 atom stereocenters. The van der Waals surface area contributed by atoms with Gasteiger partial charge in [-0.1, -0.05) is 24.6 Å². The Bertz CT molecular complexity index is 486. The number of nitrogens with one attached hydrogen (secondary N) is 1. The van der Waals surface area contributed by atoms with Crippen molar-refractivity contribution in [3.05, 3.63) is 33.8 Å². The molecule has 0 heterocycles. The van der Waals surface area contributed by atoms with Gasteiger partial charge in [0.25, 0.3) is 0 Å². The first kappa shape index (κ1) is 14.4. The first-order valence-corrected chi connectivity index (χ1v) is 8.48. The highest BCUT2D eigenvalue weighted by Crippen LogP contribution is 2.57. The van der Waals surface area contributed by atoms with Gasteiger partial charge in [-0.25, -0.2) is 0 Å². The second kappa shape index (κ2) is 5.69. The maximum atomic E-state index is 6.26. The molecule has 1 aromatic rings. The van der Waals surface area contributed by atoms with Gasteiger partial charge in [-0.15, -0.1) is 0 Å². The van der Waals surface area contributed by atoms with E-state index in [9.17, 15) is 0 Å². The first-order valence-electron chi connectivity index (χ1n) is 8.10. The zero-order valence-electron chi connectivity index (χ0n) is 12.9. The van der Waals surface area contributed by atoms with Gasteiger partial charge in [0, 0.05) is 11.1 Å². The van der Waals surface area contributed by atoms with E-state index in [2.05, 4.69) is 38.2 Å². The Kier molecular flexibility index (Phi) is 4.10. The van der Waals surface area contributed by atoms with Crippen molar-refractivity contribution in [2.75, 3.05) is 6.54 Å². The van der Waals surface area contributed by atoms with Crippen molar-refractivity contribution >= 4 is 11.6 Å². The van der Waals surface area contributed by atoms with Crippen LogP contribution >= 0.6 is 11.6 Å². The number of hydrogen-bond donors (Lipinski definition) is 1. The number of benzene rings is 1. The van der Waals surface area contributed by atoms with Crippen LogP contribution < -0.4 is 5.32 Å². The van der Waals surface area contributed by atoms with Crippen molar-refractivity contribution < 1.29 is 0 Å². The van der Waals surface area contributed by atoms with Crippen molar-refractivity contribution in [1.82, 2.24) is 5.32 Å². The van der Waals surface area contributed by atoms with E-state index in [1.165, 1.54) is 42.4 Å². The first-order chi connectivity index (χ1) is 9.60. The summed E-state index contributed by atoms with van der Waals surface area (Å²) in [6.07, 6.45) is 5.54. The van der Waals surface area contributed by atoms with E-state index >= 15 is 0 Å². The molecule has 2 aliphatic carbocycles. The number of hydrogen-bond acceptors (Lipinski definition) is 1. The highest BCUT2D eigenvalue weighted by Gasteiger charge is 2.48. The predicted molar refractivity (Wildman–Crippen MR) is 86.3 cm³/mol. The van der Waals surface area contributed by atoms with Crippen molar-refractivity contribution in [2.45, 2.75) is 52.5 Å². The number of aryl methyl sites for hydroxylation is 2. The third-order valence-electron chi connectivity index (χ3n) is 5.25. The van der Waals surface area contributed by atoms with E-state index in [-0.39, 0.29) is 0 Å². The predicted octanol–water partition coefficient (Wildman–Crippen LogP) is 5.04. The summed E-state index contributed by atoms with van der Waals surface area (Å²) in [6.45, 7) is 7.68. The third kappa shape index (κ3) is 2.76. The molecule has 0 bridgehead atoms. The fourth-order valence-corrected chi connectivity index (χ4v) is 4.22.